The number of aryl methyl sites for hydroxylation is 1. The van der Waals surface area contributed by atoms with Crippen molar-refractivity contribution in [1.82, 2.24) is 20.6 Å². The maximum Gasteiger partial charge on any atom is 0.251 e. The van der Waals surface area contributed by atoms with E-state index in [1.807, 2.05) is 68.4 Å². The first kappa shape index (κ1) is 38.6. The van der Waals surface area contributed by atoms with E-state index >= 15 is 0 Å². The molecule has 0 aliphatic rings. The number of hydrogen-bond acceptors (Lipinski definition) is 7. The molecule has 0 fully saturated rings. The zero-order valence-electron chi connectivity index (χ0n) is 28.4. The molecule has 0 bridgehead atoms. The fourth-order valence-corrected chi connectivity index (χ4v) is 5.72. The summed E-state index contributed by atoms with van der Waals surface area (Å²) in [5, 5.41) is 7.01. The van der Waals surface area contributed by atoms with Crippen LogP contribution in [0.25, 0.3) is 17.0 Å². The quantitative estimate of drug-likeness (QED) is 0.132. The number of rotatable bonds is 12. The van der Waals surface area contributed by atoms with Gasteiger partial charge in [0.25, 0.3) is 5.91 Å². The van der Waals surface area contributed by atoms with Gasteiger partial charge < -0.3 is 25.2 Å². The van der Waals surface area contributed by atoms with Gasteiger partial charge in [0.1, 0.15) is 17.9 Å². The van der Waals surface area contributed by atoms with Crippen LogP contribution in [-0.4, -0.2) is 55.4 Å². The van der Waals surface area contributed by atoms with Crippen LogP contribution in [0.1, 0.15) is 32.9 Å². The van der Waals surface area contributed by atoms with Crippen molar-refractivity contribution in [2.75, 3.05) is 37.5 Å². The predicted octanol–water partition coefficient (Wildman–Crippen LogP) is 7.03. The standard InChI is InChI=1S/C38H36Cl2N6O4.ClH/c1-24-20-32(45(2)3)28-9-7-10-33(37(28)44-24)50-23-29-30(39)16-17-31(36(29)40)46(4)35(48)22-42-34(47)18-13-25-11-14-26(15-12-25)38(49)43-21-27-8-5-6-19-41-27;/h5-20H,21-23H2,1-4H3,(H,42,47)(H,43,49);1H/b18-13+;. The van der Waals surface area contributed by atoms with Gasteiger partial charge >= 0.3 is 0 Å². The van der Waals surface area contributed by atoms with Crippen LogP contribution in [0.3, 0.4) is 0 Å². The van der Waals surface area contributed by atoms with Gasteiger partial charge in [0, 0.05) is 66.3 Å². The highest BCUT2D eigenvalue weighted by atomic mass is 35.5. The molecule has 0 atom stereocenters. The monoisotopic (exact) mass is 746 g/mol. The molecule has 51 heavy (non-hydrogen) atoms. The number of likely N-dealkylation sites (N-methyl/N-ethyl adjacent to an activating group) is 1. The normalized spacial score (nSPS) is 10.8. The second-order valence-corrected chi connectivity index (χ2v) is 12.4. The molecule has 0 aliphatic heterocycles. The molecule has 5 aromatic rings. The van der Waals surface area contributed by atoms with Gasteiger partial charge in [-0.2, -0.15) is 0 Å². The maximum atomic E-state index is 13.1. The lowest BCUT2D eigenvalue weighted by Gasteiger charge is -2.21. The molecule has 0 unspecified atom stereocenters. The van der Waals surface area contributed by atoms with Crippen molar-refractivity contribution in [3.63, 3.8) is 0 Å². The third-order valence-corrected chi connectivity index (χ3v) is 8.61. The van der Waals surface area contributed by atoms with E-state index in [0.29, 0.717) is 45.2 Å². The van der Waals surface area contributed by atoms with Crippen LogP contribution in [0.2, 0.25) is 10.0 Å². The molecule has 0 radical (unpaired) electrons. The number of aromatic nitrogens is 2. The van der Waals surface area contributed by atoms with Crippen LogP contribution in [-0.2, 0) is 22.7 Å². The summed E-state index contributed by atoms with van der Waals surface area (Å²) in [7, 11) is 5.52. The highest BCUT2D eigenvalue weighted by molar-refractivity contribution is 6.38. The maximum absolute atomic E-state index is 13.1. The number of amides is 3. The summed E-state index contributed by atoms with van der Waals surface area (Å²) in [5.74, 6) is -0.515. The molecule has 264 valence electrons. The lowest BCUT2D eigenvalue weighted by molar-refractivity contribution is -0.122. The van der Waals surface area contributed by atoms with Crippen LogP contribution < -0.4 is 25.2 Å². The molecule has 10 nitrogen and oxygen atoms in total. The fraction of sp³-hybridized carbons (Fsp3) is 0.184. The van der Waals surface area contributed by atoms with Crippen LogP contribution >= 0.6 is 35.6 Å². The Morgan fingerprint density at radius 1 is 0.902 bits per heavy atom. The van der Waals surface area contributed by atoms with E-state index in [4.69, 9.17) is 32.9 Å². The minimum absolute atomic E-state index is 0. The number of fused-ring (bicyclic) bond motifs is 1. The number of hydrogen-bond donors (Lipinski definition) is 2. The van der Waals surface area contributed by atoms with Crippen molar-refractivity contribution < 1.29 is 19.1 Å². The van der Waals surface area contributed by atoms with Crippen LogP contribution in [0.15, 0.2) is 91.1 Å². The second kappa shape index (κ2) is 17.7. The summed E-state index contributed by atoms with van der Waals surface area (Å²) in [6, 6.07) is 23.3. The molecule has 0 spiro atoms. The van der Waals surface area contributed by atoms with E-state index in [1.165, 1.54) is 11.0 Å². The molecule has 13 heteroatoms. The van der Waals surface area contributed by atoms with Crippen LogP contribution in [0.4, 0.5) is 11.4 Å². The summed E-state index contributed by atoms with van der Waals surface area (Å²) in [6.07, 6.45) is 4.58. The molecule has 3 aromatic carbocycles. The van der Waals surface area contributed by atoms with Crippen molar-refractivity contribution in [2.24, 2.45) is 0 Å². The fourth-order valence-electron chi connectivity index (χ4n) is 5.11. The second-order valence-electron chi connectivity index (χ2n) is 11.6. The number of para-hydroxylation sites is 1. The molecular formula is C38H37Cl3N6O4. The van der Waals surface area contributed by atoms with Crippen molar-refractivity contribution in [3.8, 4) is 5.75 Å². The highest BCUT2D eigenvalue weighted by Crippen LogP contribution is 2.36. The van der Waals surface area contributed by atoms with E-state index in [1.54, 1.807) is 55.7 Å². The van der Waals surface area contributed by atoms with Crippen molar-refractivity contribution in [2.45, 2.75) is 20.1 Å². The third-order valence-electron chi connectivity index (χ3n) is 7.83. The van der Waals surface area contributed by atoms with E-state index in [-0.39, 0.29) is 36.5 Å². The Morgan fingerprint density at radius 3 is 2.37 bits per heavy atom. The van der Waals surface area contributed by atoms with Gasteiger partial charge in [0.05, 0.1) is 29.5 Å². The van der Waals surface area contributed by atoms with Crippen LogP contribution in [0, 0.1) is 6.92 Å². The Kier molecular flexibility index (Phi) is 13.4. The number of nitrogens with zero attached hydrogens (tertiary/aromatic N) is 4. The van der Waals surface area contributed by atoms with Crippen molar-refractivity contribution in [1.29, 1.82) is 0 Å². The summed E-state index contributed by atoms with van der Waals surface area (Å²) < 4.78 is 6.20. The molecular weight excluding hydrogens is 711 g/mol. The molecule has 2 N–H and O–H groups in total. The average molecular weight is 748 g/mol. The Bertz CT molecular complexity index is 2060. The lowest BCUT2D eigenvalue weighted by atomic mass is 10.1. The van der Waals surface area contributed by atoms with E-state index in [9.17, 15) is 14.4 Å². The zero-order chi connectivity index (χ0) is 35.8. The van der Waals surface area contributed by atoms with E-state index in [2.05, 4.69) is 15.6 Å². The first-order valence-corrected chi connectivity index (χ1v) is 16.5. The van der Waals surface area contributed by atoms with Gasteiger partial charge in [-0.25, -0.2) is 4.98 Å². The van der Waals surface area contributed by atoms with Gasteiger partial charge in [-0.3, -0.25) is 19.4 Å². The lowest BCUT2D eigenvalue weighted by Crippen LogP contribution is -2.37. The van der Waals surface area contributed by atoms with E-state index in [0.717, 1.165) is 22.5 Å². The summed E-state index contributed by atoms with van der Waals surface area (Å²) in [5.41, 5.74) is 5.45. The Hall–Kier alpha value is -5.16. The van der Waals surface area contributed by atoms with Gasteiger partial charge in [0.15, 0.2) is 0 Å². The predicted molar refractivity (Wildman–Crippen MR) is 206 cm³/mol. The minimum Gasteiger partial charge on any atom is -0.487 e. The van der Waals surface area contributed by atoms with Gasteiger partial charge in [0.2, 0.25) is 11.8 Å². The van der Waals surface area contributed by atoms with Crippen molar-refractivity contribution >= 4 is 81.7 Å². The molecule has 0 saturated heterocycles. The number of halogens is 3. The first-order chi connectivity index (χ1) is 24.0. The summed E-state index contributed by atoms with van der Waals surface area (Å²) in [6.45, 7) is 2.02. The topological polar surface area (TPSA) is 117 Å². The largest absolute Gasteiger partial charge is 0.487 e. The highest BCUT2D eigenvalue weighted by Gasteiger charge is 2.20. The molecule has 3 amide bonds. The number of anilines is 2. The molecule has 2 aromatic heterocycles. The molecule has 2 heterocycles. The Labute approximate surface area is 312 Å². The van der Waals surface area contributed by atoms with Crippen LogP contribution in [0.5, 0.6) is 5.75 Å². The smallest absolute Gasteiger partial charge is 0.251 e. The number of nitrogens with one attached hydrogen (secondary N) is 2. The number of ether oxygens (including phenoxy) is 1. The van der Waals surface area contributed by atoms with Gasteiger partial charge in [-0.05, 0) is 67.1 Å². The number of benzene rings is 3. The number of pyridine rings is 2. The SMILES string of the molecule is Cc1cc(N(C)C)c2cccc(OCc3c(Cl)ccc(N(C)C(=O)CNC(=O)/C=C/c4ccc(C(=O)NCc5ccccn5)cc4)c3Cl)c2n1.Cl. The van der Waals surface area contributed by atoms with Gasteiger partial charge in [-0.1, -0.05) is 53.5 Å². The molecule has 5 rings (SSSR count). The minimum atomic E-state index is -0.461. The van der Waals surface area contributed by atoms with Crippen molar-refractivity contribution in [3.05, 3.63) is 129 Å². The average Bonchev–Trinajstić information content (AvgIpc) is 3.12. The molecule has 0 saturated carbocycles. The summed E-state index contributed by atoms with van der Waals surface area (Å²) >= 11 is 13.3. The van der Waals surface area contributed by atoms with E-state index < -0.39 is 11.8 Å². The zero-order valence-corrected chi connectivity index (χ0v) is 30.8. The Balaban J connectivity index is 0.00000583. The number of carbonyl (C=O) groups is 3. The third kappa shape index (κ3) is 9.76. The van der Waals surface area contributed by atoms with Gasteiger partial charge in [-0.15, -0.1) is 12.4 Å². The summed E-state index contributed by atoms with van der Waals surface area (Å²) in [4.78, 5) is 50.3. The number of carbonyl (C=O) groups excluding carboxylic acids is 3. The first-order valence-electron chi connectivity index (χ1n) is 15.7. The Morgan fingerprint density at radius 2 is 1.67 bits per heavy atom. The molecule has 0 aliphatic carbocycles.